The third-order valence-corrected chi connectivity index (χ3v) is 4.98. The Morgan fingerprint density at radius 3 is 1.80 bits per heavy atom. The lowest BCUT2D eigenvalue weighted by molar-refractivity contribution is -0.133. The second-order valence-electron chi connectivity index (χ2n) is 7.18. The lowest BCUT2D eigenvalue weighted by Crippen LogP contribution is -2.05. The van der Waals surface area contributed by atoms with Gasteiger partial charge in [-0.3, -0.25) is 0 Å². The maximum absolute atomic E-state index is 11.4. The number of carboxylic acid groups (broad SMARTS) is 1. The standard InChI is InChI=1S/C18H35FO.C3H4O2/c19-20-17-13-8-6-4-2-1-3-5-7-10-14-18-15-11-9-12-16-18;1-2-3(4)5/h18H,1-17H2;2H,1H2,(H,4,5). The third kappa shape index (κ3) is 19.3. The summed E-state index contributed by atoms with van der Waals surface area (Å²) in [5.74, 6) is 0.0852. The smallest absolute Gasteiger partial charge is 0.327 e. The van der Waals surface area contributed by atoms with Gasteiger partial charge >= 0.3 is 5.97 Å². The van der Waals surface area contributed by atoms with Gasteiger partial charge in [0.25, 0.3) is 0 Å². The van der Waals surface area contributed by atoms with Gasteiger partial charge in [-0.15, -0.1) is 0 Å². The van der Waals surface area contributed by atoms with Crippen molar-refractivity contribution in [3.05, 3.63) is 12.7 Å². The quantitative estimate of drug-likeness (QED) is 0.268. The molecule has 4 heteroatoms. The van der Waals surface area contributed by atoms with Gasteiger partial charge in [-0.2, -0.15) is 4.94 Å². The molecule has 0 aromatic rings. The Kier molecular flexibility index (Phi) is 18.7. The molecular formula is C21H39FO3. The molecule has 1 aliphatic carbocycles. The molecule has 25 heavy (non-hydrogen) atoms. The molecule has 1 N–H and O–H groups in total. The van der Waals surface area contributed by atoms with Gasteiger partial charge in [0.05, 0.1) is 6.61 Å². The zero-order valence-electron chi connectivity index (χ0n) is 16.0. The number of hydrogen-bond acceptors (Lipinski definition) is 2. The van der Waals surface area contributed by atoms with Gasteiger partial charge < -0.3 is 5.11 Å². The van der Waals surface area contributed by atoms with Crippen LogP contribution in [0.2, 0.25) is 0 Å². The first-order valence-corrected chi connectivity index (χ1v) is 10.3. The van der Waals surface area contributed by atoms with Crippen LogP contribution < -0.4 is 0 Å². The summed E-state index contributed by atoms with van der Waals surface area (Å²) < 4.78 is 11.4. The Labute approximate surface area is 153 Å². The number of aliphatic carboxylic acids is 1. The fourth-order valence-corrected chi connectivity index (χ4v) is 3.48. The highest BCUT2D eigenvalue weighted by molar-refractivity contribution is 5.78. The first-order valence-electron chi connectivity index (χ1n) is 10.3. The van der Waals surface area contributed by atoms with Crippen LogP contribution in [0.4, 0.5) is 4.53 Å². The average Bonchev–Trinajstić information content (AvgIpc) is 2.64. The van der Waals surface area contributed by atoms with E-state index in [0.717, 1.165) is 24.8 Å². The third-order valence-electron chi connectivity index (χ3n) is 4.98. The van der Waals surface area contributed by atoms with Crippen LogP contribution in [0.3, 0.4) is 0 Å². The highest BCUT2D eigenvalue weighted by Gasteiger charge is 2.12. The highest BCUT2D eigenvalue weighted by Crippen LogP contribution is 2.28. The number of hydrogen-bond donors (Lipinski definition) is 1. The monoisotopic (exact) mass is 358 g/mol. The minimum Gasteiger partial charge on any atom is -0.478 e. The average molecular weight is 359 g/mol. The maximum atomic E-state index is 11.4. The van der Waals surface area contributed by atoms with Crippen LogP contribution in [0.5, 0.6) is 0 Å². The van der Waals surface area contributed by atoms with E-state index >= 15 is 0 Å². The van der Waals surface area contributed by atoms with Gasteiger partial charge in [-0.05, 0) is 16.9 Å². The van der Waals surface area contributed by atoms with E-state index in [-0.39, 0.29) is 6.61 Å². The van der Waals surface area contributed by atoms with Crippen LogP contribution in [0.15, 0.2) is 12.7 Å². The molecule has 0 radical (unpaired) electrons. The maximum Gasteiger partial charge on any atom is 0.327 e. The van der Waals surface area contributed by atoms with Gasteiger partial charge in [0.1, 0.15) is 0 Å². The first kappa shape index (κ1) is 24.1. The molecule has 0 aliphatic heterocycles. The molecule has 0 unspecified atom stereocenters. The van der Waals surface area contributed by atoms with E-state index in [1.165, 1.54) is 89.9 Å². The van der Waals surface area contributed by atoms with Crippen molar-refractivity contribution in [3.8, 4) is 0 Å². The fourth-order valence-electron chi connectivity index (χ4n) is 3.48. The lowest BCUT2D eigenvalue weighted by Gasteiger charge is -2.21. The van der Waals surface area contributed by atoms with Crippen LogP contribution in [-0.2, 0) is 9.74 Å². The second-order valence-corrected chi connectivity index (χ2v) is 7.18. The van der Waals surface area contributed by atoms with Gasteiger partial charge in [0.2, 0.25) is 0 Å². The Morgan fingerprint density at radius 1 is 0.920 bits per heavy atom. The molecule has 1 fully saturated rings. The molecule has 0 aromatic carbocycles. The predicted molar refractivity (Wildman–Crippen MR) is 102 cm³/mol. The van der Waals surface area contributed by atoms with Crippen LogP contribution in [0, 0.1) is 5.92 Å². The Bertz CT molecular complexity index is 302. The summed E-state index contributed by atoms with van der Waals surface area (Å²) in [6, 6.07) is 0. The van der Waals surface area contributed by atoms with E-state index in [1.807, 2.05) is 0 Å². The number of unbranched alkanes of at least 4 members (excludes halogenated alkanes) is 9. The lowest BCUT2D eigenvalue weighted by atomic mass is 9.85. The van der Waals surface area contributed by atoms with Crippen LogP contribution in [0.1, 0.15) is 103 Å². The van der Waals surface area contributed by atoms with Crippen LogP contribution in [-0.4, -0.2) is 17.7 Å². The summed E-state index contributed by atoms with van der Waals surface area (Å²) in [6.07, 6.45) is 22.9. The molecule has 1 rings (SSSR count). The fraction of sp³-hybridized carbons (Fsp3) is 0.857. The molecule has 1 saturated carbocycles. The van der Waals surface area contributed by atoms with E-state index in [1.54, 1.807) is 0 Å². The molecule has 3 nitrogen and oxygen atoms in total. The largest absolute Gasteiger partial charge is 0.478 e. The number of rotatable bonds is 14. The van der Waals surface area contributed by atoms with E-state index in [9.17, 15) is 9.32 Å². The first-order chi connectivity index (χ1) is 12.2. The Balaban J connectivity index is 0.00000101. The molecule has 0 aromatic heterocycles. The van der Waals surface area contributed by atoms with Crippen molar-refractivity contribution in [3.63, 3.8) is 0 Å². The van der Waals surface area contributed by atoms with Gasteiger partial charge in [-0.25, -0.2) is 4.79 Å². The number of halogens is 1. The Morgan fingerprint density at radius 2 is 1.36 bits per heavy atom. The summed E-state index contributed by atoms with van der Waals surface area (Å²) in [5, 5.41) is 7.60. The summed E-state index contributed by atoms with van der Waals surface area (Å²) in [7, 11) is 0. The van der Waals surface area contributed by atoms with Gasteiger partial charge in [0, 0.05) is 6.08 Å². The molecule has 0 amide bonds. The second kappa shape index (κ2) is 19.4. The highest BCUT2D eigenvalue weighted by atomic mass is 19.3. The van der Waals surface area contributed by atoms with Crippen molar-refractivity contribution in [1.29, 1.82) is 0 Å². The zero-order valence-corrected chi connectivity index (χ0v) is 16.0. The molecule has 148 valence electrons. The van der Waals surface area contributed by atoms with Gasteiger partial charge in [-0.1, -0.05) is 103 Å². The van der Waals surface area contributed by atoms with Crippen molar-refractivity contribution in [2.45, 2.75) is 103 Å². The Hall–Kier alpha value is -0.900. The van der Waals surface area contributed by atoms with Crippen molar-refractivity contribution < 1.29 is 19.4 Å². The SMILES string of the molecule is C=CC(=O)O.FOCCCCCCCCCCCCC1CCCCC1. The topological polar surface area (TPSA) is 46.5 Å². The van der Waals surface area contributed by atoms with Crippen molar-refractivity contribution in [2.75, 3.05) is 6.61 Å². The molecule has 0 spiro atoms. The van der Waals surface area contributed by atoms with Crippen LogP contribution in [0.25, 0.3) is 0 Å². The van der Waals surface area contributed by atoms with E-state index in [0.29, 0.717) is 0 Å². The van der Waals surface area contributed by atoms with E-state index in [2.05, 4.69) is 11.5 Å². The zero-order chi connectivity index (χ0) is 18.6. The summed E-state index contributed by atoms with van der Waals surface area (Å²) in [6.45, 7) is 3.24. The predicted octanol–water partition coefficient (Wildman–Crippen LogP) is 7.02. The van der Waals surface area contributed by atoms with Crippen molar-refractivity contribution in [1.82, 2.24) is 0 Å². The minimum atomic E-state index is -0.981. The summed E-state index contributed by atoms with van der Waals surface area (Å²) >= 11 is 0. The van der Waals surface area contributed by atoms with E-state index < -0.39 is 5.97 Å². The number of carbonyl (C=O) groups is 1. The molecule has 0 bridgehead atoms. The van der Waals surface area contributed by atoms with Crippen molar-refractivity contribution >= 4 is 5.97 Å². The summed E-state index contributed by atoms with van der Waals surface area (Å²) in [5.41, 5.74) is 0. The minimum absolute atomic E-state index is 0.279. The van der Waals surface area contributed by atoms with Gasteiger partial charge in [0.15, 0.2) is 0 Å². The molecule has 0 saturated heterocycles. The van der Waals surface area contributed by atoms with E-state index in [4.69, 9.17) is 5.11 Å². The molecular weight excluding hydrogens is 319 g/mol. The molecule has 0 atom stereocenters. The number of carboxylic acids is 1. The molecule has 0 heterocycles. The molecule has 1 aliphatic rings. The normalized spacial score (nSPS) is 14.6. The van der Waals surface area contributed by atoms with Crippen molar-refractivity contribution in [2.24, 2.45) is 5.92 Å². The van der Waals surface area contributed by atoms with Crippen LogP contribution >= 0.6 is 0 Å². The summed E-state index contributed by atoms with van der Waals surface area (Å²) in [4.78, 5) is 12.8.